The molecule has 2 aromatic carbocycles. The van der Waals surface area contributed by atoms with Crippen molar-refractivity contribution >= 4 is 34.2 Å². The van der Waals surface area contributed by atoms with Gasteiger partial charge >= 0.3 is 0 Å². The molecule has 0 aliphatic heterocycles. The van der Waals surface area contributed by atoms with Crippen molar-refractivity contribution in [2.24, 2.45) is 0 Å². The highest BCUT2D eigenvalue weighted by molar-refractivity contribution is 14.1. The monoisotopic (exact) mass is 367 g/mol. The zero-order chi connectivity index (χ0) is 14.0. The average Bonchev–Trinajstić information content (AvgIpc) is 2.37. The van der Waals surface area contributed by atoms with Gasteiger partial charge in [-0.2, -0.15) is 0 Å². The fourth-order valence-electron chi connectivity index (χ4n) is 1.72. The number of amides is 1. The van der Waals surface area contributed by atoms with Crippen molar-refractivity contribution in [1.82, 2.24) is 0 Å². The number of carbonyl (C=O) groups excluding carboxylic acids is 1. The van der Waals surface area contributed by atoms with Gasteiger partial charge in [-0.15, -0.1) is 0 Å². The van der Waals surface area contributed by atoms with Gasteiger partial charge in [0.15, 0.2) is 0 Å². The maximum absolute atomic E-state index is 12.1. The van der Waals surface area contributed by atoms with E-state index in [1.54, 1.807) is 12.1 Å². The second-order valence-corrected chi connectivity index (χ2v) is 5.60. The number of phenolic OH excluding ortho intramolecular Hbond substituents is 1. The third-order valence-electron chi connectivity index (χ3n) is 2.85. The Bertz CT molecular complexity index is 638. The Morgan fingerprint density at radius 3 is 2.58 bits per heavy atom. The first kappa shape index (κ1) is 13.9. The summed E-state index contributed by atoms with van der Waals surface area (Å²) in [6.07, 6.45) is 0. The number of halogens is 1. The van der Waals surface area contributed by atoms with Crippen LogP contribution in [0.4, 0.5) is 5.69 Å². The zero-order valence-electron chi connectivity index (χ0n) is 10.7. The molecule has 4 heteroatoms. The van der Waals surface area contributed by atoms with E-state index in [1.165, 1.54) is 6.07 Å². The molecule has 2 rings (SSSR count). The van der Waals surface area contributed by atoms with Gasteiger partial charge in [-0.1, -0.05) is 12.1 Å². The van der Waals surface area contributed by atoms with Gasteiger partial charge < -0.3 is 10.4 Å². The van der Waals surface area contributed by atoms with E-state index in [1.807, 2.05) is 54.6 Å². The Labute approximate surface area is 125 Å². The molecular weight excluding hydrogens is 353 g/mol. The third-order valence-corrected chi connectivity index (χ3v) is 3.76. The lowest BCUT2D eigenvalue weighted by Gasteiger charge is -2.10. The number of nitrogens with one attached hydrogen (secondary N) is 1. The average molecular weight is 367 g/mol. The number of aryl methyl sites for hydroxylation is 2. The summed E-state index contributed by atoms with van der Waals surface area (Å²) in [6, 6.07) is 10.8. The molecule has 0 bridgehead atoms. The molecule has 0 aliphatic carbocycles. The van der Waals surface area contributed by atoms with Gasteiger partial charge in [-0.05, 0) is 71.8 Å². The molecule has 0 fully saturated rings. The van der Waals surface area contributed by atoms with E-state index < -0.39 is 0 Å². The number of hydrogen-bond acceptors (Lipinski definition) is 2. The first-order valence-electron chi connectivity index (χ1n) is 5.84. The van der Waals surface area contributed by atoms with E-state index in [-0.39, 0.29) is 11.7 Å². The molecule has 0 atom stereocenters. The number of benzene rings is 2. The first-order chi connectivity index (χ1) is 8.97. The van der Waals surface area contributed by atoms with Crippen LogP contribution in [-0.2, 0) is 0 Å². The van der Waals surface area contributed by atoms with E-state index in [0.717, 1.165) is 20.4 Å². The van der Waals surface area contributed by atoms with Gasteiger partial charge in [-0.3, -0.25) is 4.79 Å². The van der Waals surface area contributed by atoms with Gasteiger partial charge in [0.25, 0.3) is 5.91 Å². The number of hydrogen-bond donors (Lipinski definition) is 2. The molecule has 1 amide bonds. The van der Waals surface area contributed by atoms with Crippen LogP contribution in [0, 0.1) is 17.4 Å². The molecule has 0 radical (unpaired) electrons. The summed E-state index contributed by atoms with van der Waals surface area (Å²) in [7, 11) is 0. The van der Waals surface area contributed by atoms with Crippen molar-refractivity contribution in [2.75, 3.05) is 5.32 Å². The highest BCUT2D eigenvalue weighted by Gasteiger charge is 2.09. The molecule has 0 heterocycles. The molecule has 0 unspecified atom stereocenters. The molecular formula is C15H14INO2. The van der Waals surface area contributed by atoms with Crippen molar-refractivity contribution in [1.29, 1.82) is 0 Å². The fourth-order valence-corrected chi connectivity index (χ4v) is 2.05. The van der Waals surface area contributed by atoms with Gasteiger partial charge in [0, 0.05) is 11.3 Å². The molecule has 0 saturated carbocycles. The number of carbonyl (C=O) groups is 1. The van der Waals surface area contributed by atoms with E-state index >= 15 is 0 Å². The molecule has 3 nitrogen and oxygen atoms in total. The summed E-state index contributed by atoms with van der Waals surface area (Å²) in [5, 5.41) is 12.5. The zero-order valence-corrected chi connectivity index (χ0v) is 12.9. The van der Waals surface area contributed by atoms with Crippen LogP contribution in [0.1, 0.15) is 21.5 Å². The summed E-state index contributed by atoms with van der Waals surface area (Å²) >= 11 is 2.02. The standard InChI is InChI=1S/C15H14INO2/c1-9-3-4-10(2)13(7-9)17-15(19)11-5-6-12(16)14(18)8-11/h3-8,18H,1-2H3,(H,17,19). The molecule has 0 aliphatic rings. The van der Waals surface area contributed by atoms with Crippen molar-refractivity contribution in [3.8, 4) is 5.75 Å². The maximum Gasteiger partial charge on any atom is 0.255 e. The molecule has 98 valence electrons. The van der Waals surface area contributed by atoms with Crippen LogP contribution >= 0.6 is 22.6 Å². The minimum atomic E-state index is -0.222. The second kappa shape index (κ2) is 5.61. The SMILES string of the molecule is Cc1ccc(C)c(NC(=O)c2ccc(I)c(O)c2)c1. The summed E-state index contributed by atoms with van der Waals surface area (Å²) < 4.78 is 0.723. The number of anilines is 1. The predicted octanol–water partition coefficient (Wildman–Crippen LogP) is 3.87. The van der Waals surface area contributed by atoms with Crippen LogP contribution in [0.25, 0.3) is 0 Å². The Morgan fingerprint density at radius 1 is 1.16 bits per heavy atom. The van der Waals surface area contributed by atoms with E-state index in [9.17, 15) is 9.90 Å². The Morgan fingerprint density at radius 2 is 1.89 bits per heavy atom. The van der Waals surface area contributed by atoms with Crippen LogP contribution < -0.4 is 5.32 Å². The van der Waals surface area contributed by atoms with Crippen molar-refractivity contribution in [3.63, 3.8) is 0 Å². The van der Waals surface area contributed by atoms with E-state index in [4.69, 9.17) is 0 Å². The number of aromatic hydroxyl groups is 1. The Balaban J connectivity index is 2.25. The molecule has 2 aromatic rings. The molecule has 19 heavy (non-hydrogen) atoms. The van der Waals surface area contributed by atoms with E-state index in [0.29, 0.717) is 5.56 Å². The van der Waals surface area contributed by atoms with Crippen molar-refractivity contribution in [2.45, 2.75) is 13.8 Å². The maximum atomic E-state index is 12.1. The van der Waals surface area contributed by atoms with Gasteiger partial charge in [-0.25, -0.2) is 0 Å². The summed E-state index contributed by atoms with van der Waals surface area (Å²) in [5.74, 6) is -0.102. The van der Waals surface area contributed by atoms with E-state index in [2.05, 4.69) is 5.32 Å². The third kappa shape index (κ3) is 3.26. The van der Waals surface area contributed by atoms with Gasteiger partial charge in [0.1, 0.15) is 5.75 Å². The highest BCUT2D eigenvalue weighted by Crippen LogP contribution is 2.22. The fraction of sp³-hybridized carbons (Fsp3) is 0.133. The van der Waals surface area contributed by atoms with Crippen LogP contribution in [-0.4, -0.2) is 11.0 Å². The lowest BCUT2D eigenvalue weighted by molar-refractivity contribution is 0.102. The topological polar surface area (TPSA) is 49.3 Å². The minimum Gasteiger partial charge on any atom is -0.507 e. The summed E-state index contributed by atoms with van der Waals surface area (Å²) in [5.41, 5.74) is 3.34. The first-order valence-corrected chi connectivity index (χ1v) is 6.92. The van der Waals surface area contributed by atoms with Crippen molar-refractivity contribution in [3.05, 3.63) is 56.7 Å². The largest absolute Gasteiger partial charge is 0.507 e. The molecule has 2 N–H and O–H groups in total. The van der Waals surface area contributed by atoms with Gasteiger partial charge in [0.05, 0.1) is 3.57 Å². The number of phenols is 1. The minimum absolute atomic E-state index is 0.120. The highest BCUT2D eigenvalue weighted by atomic mass is 127. The Kier molecular flexibility index (Phi) is 4.09. The second-order valence-electron chi connectivity index (χ2n) is 4.44. The Hall–Kier alpha value is -1.56. The lowest BCUT2D eigenvalue weighted by atomic mass is 10.1. The number of rotatable bonds is 2. The lowest BCUT2D eigenvalue weighted by Crippen LogP contribution is -2.12. The summed E-state index contributed by atoms with van der Waals surface area (Å²) in [4.78, 5) is 12.1. The van der Waals surface area contributed by atoms with Crippen LogP contribution in [0.15, 0.2) is 36.4 Å². The summed E-state index contributed by atoms with van der Waals surface area (Å²) in [6.45, 7) is 3.92. The van der Waals surface area contributed by atoms with Crippen LogP contribution in [0.2, 0.25) is 0 Å². The molecule has 0 spiro atoms. The van der Waals surface area contributed by atoms with Crippen LogP contribution in [0.5, 0.6) is 5.75 Å². The van der Waals surface area contributed by atoms with Gasteiger partial charge in [0.2, 0.25) is 0 Å². The molecule has 0 saturated heterocycles. The van der Waals surface area contributed by atoms with Crippen molar-refractivity contribution < 1.29 is 9.90 Å². The van der Waals surface area contributed by atoms with Crippen LogP contribution in [0.3, 0.4) is 0 Å². The predicted molar refractivity (Wildman–Crippen MR) is 84.7 cm³/mol. The quantitative estimate of drug-likeness (QED) is 0.792. The normalized spacial score (nSPS) is 10.3. The smallest absolute Gasteiger partial charge is 0.255 e. The molecule has 0 aromatic heterocycles.